The summed E-state index contributed by atoms with van der Waals surface area (Å²) in [6, 6.07) is 5.16. The molecule has 0 radical (unpaired) electrons. The van der Waals surface area contributed by atoms with Gasteiger partial charge in [0.2, 0.25) is 0 Å². The minimum atomic E-state index is -0.374. The molecular weight excluding hydrogens is 358 g/mol. The SMILES string of the molecule is CCCn1c(=N)c(C(=O)NCCCOC)cc2c(=O)n3cc(C)ccc3nc21. The Labute approximate surface area is 162 Å². The number of methoxy groups -OCH3 is 1. The Kier molecular flexibility index (Phi) is 5.89. The number of hydrogen-bond acceptors (Lipinski definition) is 5. The second kappa shape index (κ2) is 8.35. The zero-order valence-electron chi connectivity index (χ0n) is 16.4. The third kappa shape index (κ3) is 3.68. The zero-order chi connectivity index (χ0) is 20.3. The Balaban J connectivity index is 2.20. The topological polar surface area (TPSA) is 101 Å². The molecule has 0 aliphatic rings. The molecule has 0 fully saturated rings. The second-order valence-electron chi connectivity index (χ2n) is 6.75. The molecule has 0 atom stereocenters. The molecule has 8 heteroatoms. The van der Waals surface area contributed by atoms with Gasteiger partial charge in [-0.2, -0.15) is 0 Å². The van der Waals surface area contributed by atoms with E-state index in [0.29, 0.717) is 42.8 Å². The van der Waals surface area contributed by atoms with E-state index >= 15 is 0 Å². The summed E-state index contributed by atoms with van der Waals surface area (Å²) in [7, 11) is 1.60. The molecule has 0 saturated carbocycles. The molecule has 0 aliphatic carbocycles. The van der Waals surface area contributed by atoms with E-state index < -0.39 is 0 Å². The fraction of sp³-hybridized carbons (Fsp3) is 0.400. The lowest BCUT2D eigenvalue weighted by molar-refractivity contribution is 0.0946. The normalized spacial score (nSPS) is 11.2. The highest BCUT2D eigenvalue weighted by Crippen LogP contribution is 2.11. The summed E-state index contributed by atoms with van der Waals surface area (Å²) in [6.45, 7) is 5.35. The van der Waals surface area contributed by atoms with Crippen LogP contribution in [0.25, 0.3) is 16.7 Å². The number of carbonyl (C=O) groups is 1. The summed E-state index contributed by atoms with van der Waals surface area (Å²) in [6.07, 6.45) is 3.15. The van der Waals surface area contributed by atoms with Crippen molar-refractivity contribution in [2.45, 2.75) is 33.2 Å². The standard InChI is InChI=1S/C20H25N5O3/c1-4-9-24-17(21)14(19(26)22-8-5-10-28-3)11-15-18(24)23-16-7-6-13(2)12-25(16)20(15)27/h6-7,11-12,21H,4-5,8-10H2,1-3H3,(H,22,26). The lowest BCUT2D eigenvalue weighted by Gasteiger charge is -2.14. The van der Waals surface area contributed by atoms with E-state index in [1.165, 1.54) is 10.5 Å². The van der Waals surface area contributed by atoms with Crippen molar-refractivity contribution in [3.63, 3.8) is 0 Å². The van der Waals surface area contributed by atoms with Crippen molar-refractivity contribution in [2.24, 2.45) is 0 Å². The number of aryl methyl sites for hydroxylation is 2. The van der Waals surface area contributed by atoms with Crippen LogP contribution in [0.4, 0.5) is 0 Å². The maximum atomic E-state index is 13.1. The summed E-state index contributed by atoms with van der Waals surface area (Å²) in [4.78, 5) is 30.3. The van der Waals surface area contributed by atoms with Crippen LogP contribution in [0.1, 0.15) is 35.7 Å². The summed E-state index contributed by atoms with van der Waals surface area (Å²) >= 11 is 0. The first-order valence-corrected chi connectivity index (χ1v) is 9.36. The third-order valence-electron chi connectivity index (χ3n) is 4.56. The summed E-state index contributed by atoms with van der Waals surface area (Å²) < 4.78 is 8.11. The van der Waals surface area contributed by atoms with E-state index in [1.807, 2.05) is 19.9 Å². The van der Waals surface area contributed by atoms with Crippen LogP contribution < -0.4 is 16.4 Å². The number of rotatable bonds is 7. The van der Waals surface area contributed by atoms with Gasteiger partial charge in [-0.05, 0) is 37.5 Å². The van der Waals surface area contributed by atoms with Gasteiger partial charge in [0, 0.05) is 33.0 Å². The van der Waals surface area contributed by atoms with Crippen LogP contribution in [0.15, 0.2) is 29.2 Å². The first-order chi connectivity index (χ1) is 13.5. The van der Waals surface area contributed by atoms with Crippen LogP contribution >= 0.6 is 0 Å². The van der Waals surface area contributed by atoms with Crippen molar-refractivity contribution in [1.29, 1.82) is 5.41 Å². The molecule has 0 saturated heterocycles. The van der Waals surface area contributed by atoms with Gasteiger partial charge in [-0.25, -0.2) is 4.98 Å². The van der Waals surface area contributed by atoms with Gasteiger partial charge < -0.3 is 14.6 Å². The first kappa shape index (κ1) is 19.8. The van der Waals surface area contributed by atoms with Crippen molar-refractivity contribution >= 4 is 22.6 Å². The minimum absolute atomic E-state index is 0.0574. The molecule has 0 bridgehead atoms. The molecule has 3 heterocycles. The Hall–Kier alpha value is -3.00. The number of nitrogens with zero attached hydrogens (tertiary/aromatic N) is 3. The van der Waals surface area contributed by atoms with Gasteiger partial charge in [-0.1, -0.05) is 13.0 Å². The van der Waals surface area contributed by atoms with Crippen LogP contribution in [0.5, 0.6) is 0 Å². The van der Waals surface area contributed by atoms with E-state index in [-0.39, 0.29) is 22.5 Å². The highest BCUT2D eigenvalue weighted by atomic mass is 16.5. The molecule has 28 heavy (non-hydrogen) atoms. The van der Waals surface area contributed by atoms with Crippen molar-refractivity contribution in [1.82, 2.24) is 19.3 Å². The Morgan fingerprint density at radius 3 is 2.86 bits per heavy atom. The van der Waals surface area contributed by atoms with Gasteiger partial charge in [0.15, 0.2) is 0 Å². The smallest absolute Gasteiger partial charge is 0.267 e. The van der Waals surface area contributed by atoms with Gasteiger partial charge in [-0.3, -0.25) is 19.4 Å². The van der Waals surface area contributed by atoms with E-state index in [2.05, 4.69) is 10.3 Å². The average Bonchev–Trinajstić information content (AvgIpc) is 2.68. The minimum Gasteiger partial charge on any atom is -0.385 e. The second-order valence-corrected chi connectivity index (χ2v) is 6.75. The summed E-state index contributed by atoms with van der Waals surface area (Å²) in [5.41, 5.74) is 1.86. The number of aromatic nitrogens is 3. The molecule has 3 aromatic rings. The number of carbonyl (C=O) groups excluding carboxylic acids is 1. The fourth-order valence-electron chi connectivity index (χ4n) is 3.17. The van der Waals surface area contributed by atoms with Gasteiger partial charge in [0.1, 0.15) is 16.8 Å². The molecule has 3 aromatic heterocycles. The van der Waals surface area contributed by atoms with Gasteiger partial charge in [0.05, 0.1) is 10.9 Å². The van der Waals surface area contributed by atoms with Crippen LogP contribution in [-0.4, -0.2) is 40.1 Å². The molecule has 0 unspecified atom stereocenters. The molecule has 2 N–H and O–H groups in total. The zero-order valence-corrected chi connectivity index (χ0v) is 16.4. The maximum absolute atomic E-state index is 13.1. The number of ether oxygens (including phenoxy) is 1. The van der Waals surface area contributed by atoms with E-state index in [4.69, 9.17) is 10.1 Å². The van der Waals surface area contributed by atoms with E-state index in [1.54, 1.807) is 23.9 Å². The highest BCUT2D eigenvalue weighted by Gasteiger charge is 2.17. The van der Waals surface area contributed by atoms with Crippen molar-refractivity contribution < 1.29 is 9.53 Å². The molecule has 8 nitrogen and oxygen atoms in total. The van der Waals surface area contributed by atoms with Crippen molar-refractivity contribution in [3.8, 4) is 0 Å². The van der Waals surface area contributed by atoms with Crippen LogP contribution in [0, 0.1) is 12.3 Å². The largest absolute Gasteiger partial charge is 0.385 e. The van der Waals surface area contributed by atoms with Crippen molar-refractivity contribution in [3.05, 3.63) is 51.4 Å². The van der Waals surface area contributed by atoms with Crippen LogP contribution in [0.2, 0.25) is 0 Å². The van der Waals surface area contributed by atoms with Crippen molar-refractivity contribution in [2.75, 3.05) is 20.3 Å². The fourth-order valence-corrected chi connectivity index (χ4v) is 3.17. The quantitative estimate of drug-likeness (QED) is 0.478. The van der Waals surface area contributed by atoms with Gasteiger partial charge >= 0.3 is 0 Å². The number of nitrogens with one attached hydrogen (secondary N) is 2. The third-order valence-corrected chi connectivity index (χ3v) is 4.56. The maximum Gasteiger partial charge on any atom is 0.267 e. The predicted octanol–water partition coefficient (Wildman–Crippen LogP) is 1.61. The summed E-state index contributed by atoms with van der Waals surface area (Å²) in [5.74, 6) is -0.374. The highest BCUT2D eigenvalue weighted by molar-refractivity contribution is 5.96. The van der Waals surface area contributed by atoms with E-state index in [0.717, 1.165) is 12.0 Å². The number of fused-ring (bicyclic) bond motifs is 2. The molecular formula is C20H25N5O3. The first-order valence-electron chi connectivity index (χ1n) is 9.36. The molecule has 0 spiro atoms. The number of pyridine rings is 2. The van der Waals surface area contributed by atoms with Gasteiger partial charge in [0.25, 0.3) is 11.5 Å². The monoisotopic (exact) mass is 383 g/mol. The Morgan fingerprint density at radius 2 is 2.14 bits per heavy atom. The van der Waals surface area contributed by atoms with Gasteiger partial charge in [-0.15, -0.1) is 0 Å². The van der Waals surface area contributed by atoms with Crippen LogP contribution in [0.3, 0.4) is 0 Å². The molecule has 148 valence electrons. The lowest BCUT2D eigenvalue weighted by Crippen LogP contribution is -2.35. The number of hydrogen-bond donors (Lipinski definition) is 2. The predicted molar refractivity (Wildman–Crippen MR) is 107 cm³/mol. The van der Waals surface area contributed by atoms with E-state index in [9.17, 15) is 9.59 Å². The average molecular weight is 383 g/mol. The summed E-state index contributed by atoms with van der Waals surface area (Å²) in [5, 5.41) is 11.6. The molecule has 3 rings (SSSR count). The lowest BCUT2D eigenvalue weighted by atomic mass is 10.2. The van der Waals surface area contributed by atoms with Crippen LogP contribution in [-0.2, 0) is 11.3 Å². The Bertz CT molecular complexity index is 1150. The molecule has 0 aliphatic heterocycles. The number of amides is 1. The molecule has 0 aromatic carbocycles. The molecule has 1 amide bonds. The Morgan fingerprint density at radius 1 is 1.36 bits per heavy atom.